The van der Waals surface area contributed by atoms with E-state index in [9.17, 15) is 8.42 Å². The molecule has 0 aliphatic carbocycles. The van der Waals surface area contributed by atoms with E-state index >= 15 is 0 Å². The van der Waals surface area contributed by atoms with Crippen LogP contribution in [0.1, 0.15) is 40.5 Å². The van der Waals surface area contributed by atoms with Crippen LogP contribution in [0.3, 0.4) is 0 Å². The maximum Gasteiger partial charge on any atom is 0.147 e. The molecule has 4 nitrogen and oxygen atoms in total. The van der Waals surface area contributed by atoms with Gasteiger partial charge in [-0.15, -0.1) is 0 Å². The van der Waals surface area contributed by atoms with Crippen LogP contribution in [0.5, 0.6) is 0 Å². The van der Waals surface area contributed by atoms with Gasteiger partial charge in [0.2, 0.25) is 0 Å². The topological polar surface area (TPSA) is 55.4 Å². The molecule has 5 heteroatoms. The van der Waals surface area contributed by atoms with Gasteiger partial charge in [0.15, 0.2) is 0 Å². The van der Waals surface area contributed by atoms with Crippen molar-refractivity contribution in [3.63, 3.8) is 0 Å². The third-order valence-electron chi connectivity index (χ3n) is 3.77. The summed E-state index contributed by atoms with van der Waals surface area (Å²) in [7, 11) is -2.91. The van der Waals surface area contributed by atoms with Gasteiger partial charge in [0, 0.05) is 30.4 Å². The smallest absolute Gasteiger partial charge is 0.147 e. The number of rotatable bonds is 5. The van der Waals surface area contributed by atoms with E-state index < -0.39 is 9.84 Å². The van der Waals surface area contributed by atoms with Gasteiger partial charge in [-0.3, -0.25) is 0 Å². The van der Waals surface area contributed by atoms with Crippen LogP contribution in [0.2, 0.25) is 0 Å². The minimum atomic E-state index is -2.91. The molecular weight excluding hydrogens is 250 g/mol. The molecule has 2 unspecified atom stereocenters. The van der Waals surface area contributed by atoms with E-state index in [1.165, 1.54) is 6.26 Å². The average Bonchev–Trinajstić information content (AvgIpc) is 2.53. The van der Waals surface area contributed by atoms with Gasteiger partial charge in [-0.1, -0.05) is 0 Å². The van der Waals surface area contributed by atoms with Crippen LogP contribution in [0, 0.1) is 5.41 Å². The van der Waals surface area contributed by atoms with Crippen molar-refractivity contribution < 1.29 is 13.2 Å². The maximum absolute atomic E-state index is 11.4. The monoisotopic (exact) mass is 277 g/mol. The van der Waals surface area contributed by atoms with Crippen molar-refractivity contribution >= 4 is 9.84 Å². The Morgan fingerprint density at radius 3 is 2.39 bits per heavy atom. The summed E-state index contributed by atoms with van der Waals surface area (Å²) in [6.07, 6.45) is 3.04. The van der Waals surface area contributed by atoms with Crippen molar-refractivity contribution in [2.45, 2.75) is 52.2 Å². The molecule has 0 saturated carbocycles. The van der Waals surface area contributed by atoms with Crippen LogP contribution in [0.15, 0.2) is 0 Å². The van der Waals surface area contributed by atoms with Crippen LogP contribution < -0.4 is 5.32 Å². The Kier molecular flexibility index (Phi) is 4.84. The van der Waals surface area contributed by atoms with Crippen LogP contribution in [0.4, 0.5) is 0 Å². The second-order valence-corrected chi connectivity index (χ2v) is 8.87. The normalized spacial score (nSPS) is 29.7. The van der Waals surface area contributed by atoms with Gasteiger partial charge in [0.1, 0.15) is 9.84 Å². The molecule has 1 rings (SSSR count). The van der Waals surface area contributed by atoms with E-state index in [0.717, 1.165) is 19.6 Å². The molecule has 0 amide bonds. The molecule has 0 radical (unpaired) electrons. The molecule has 1 aliphatic heterocycles. The van der Waals surface area contributed by atoms with Gasteiger partial charge >= 0.3 is 0 Å². The molecule has 1 saturated heterocycles. The first-order valence-electron chi connectivity index (χ1n) is 6.58. The summed E-state index contributed by atoms with van der Waals surface area (Å²) in [6.45, 7) is 9.97. The summed E-state index contributed by atoms with van der Waals surface area (Å²) in [5, 5.41) is 3.50. The predicted octanol–water partition coefficient (Wildman–Crippen LogP) is 1.60. The van der Waals surface area contributed by atoms with Crippen LogP contribution in [-0.4, -0.2) is 45.2 Å². The Morgan fingerprint density at radius 2 is 2.00 bits per heavy atom. The number of hydrogen-bond donors (Lipinski definition) is 1. The fourth-order valence-corrected chi connectivity index (χ4v) is 3.07. The SMILES string of the molecule is CC1OCCC1(CCS(C)(=O)=O)CNC(C)(C)C. The highest BCUT2D eigenvalue weighted by atomic mass is 32.2. The first-order chi connectivity index (χ1) is 8.04. The Hall–Kier alpha value is -0.130. The Balaban J connectivity index is 2.71. The molecule has 1 heterocycles. The fraction of sp³-hybridized carbons (Fsp3) is 1.00. The minimum Gasteiger partial charge on any atom is -0.378 e. The molecule has 1 N–H and O–H groups in total. The van der Waals surface area contributed by atoms with E-state index in [1.54, 1.807) is 0 Å². The first kappa shape index (κ1) is 15.9. The Labute approximate surface area is 111 Å². The molecule has 1 fully saturated rings. The second-order valence-electron chi connectivity index (χ2n) is 6.61. The van der Waals surface area contributed by atoms with Gasteiger partial charge in [-0.05, 0) is 40.5 Å². The molecule has 108 valence electrons. The van der Waals surface area contributed by atoms with E-state index in [1.807, 2.05) is 0 Å². The highest BCUT2D eigenvalue weighted by molar-refractivity contribution is 7.90. The number of nitrogens with one attached hydrogen (secondary N) is 1. The van der Waals surface area contributed by atoms with Crippen LogP contribution in [-0.2, 0) is 14.6 Å². The fourth-order valence-electron chi connectivity index (χ4n) is 2.30. The lowest BCUT2D eigenvalue weighted by Gasteiger charge is -2.35. The molecule has 0 aromatic heterocycles. The van der Waals surface area contributed by atoms with E-state index in [2.05, 4.69) is 33.0 Å². The van der Waals surface area contributed by atoms with Gasteiger partial charge in [0.25, 0.3) is 0 Å². The minimum absolute atomic E-state index is 0.0421. The standard InChI is InChI=1S/C13H27NO3S/c1-11-13(6-8-17-11,7-9-18(5,15)16)10-14-12(2,3)4/h11,14H,6-10H2,1-5H3. The van der Waals surface area contributed by atoms with Crippen molar-refractivity contribution in [3.8, 4) is 0 Å². The molecule has 0 aromatic carbocycles. The highest BCUT2D eigenvalue weighted by Gasteiger charge is 2.42. The average molecular weight is 277 g/mol. The zero-order valence-corrected chi connectivity index (χ0v) is 13.1. The summed E-state index contributed by atoms with van der Waals surface area (Å²) in [5.74, 6) is 0.243. The lowest BCUT2D eigenvalue weighted by Crippen LogP contribution is -2.47. The van der Waals surface area contributed by atoms with Gasteiger partial charge in [0.05, 0.1) is 11.9 Å². The zero-order chi connectivity index (χ0) is 14.0. The lowest BCUT2D eigenvalue weighted by molar-refractivity contribution is 0.0581. The predicted molar refractivity (Wildman–Crippen MR) is 74.5 cm³/mol. The van der Waals surface area contributed by atoms with E-state index in [0.29, 0.717) is 6.42 Å². The molecule has 0 bridgehead atoms. The van der Waals surface area contributed by atoms with Crippen LogP contribution in [0.25, 0.3) is 0 Å². The number of ether oxygens (including phenoxy) is 1. The summed E-state index contributed by atoms with van der Waals surface area (Å²) >= 11 is 0. The maximum atomic E-state index is 11.4. The first-order valence-corrected chi connectivity index (χ1v) is 8.65. The third-order valence-corrected chi connectivity index (χ3v) is 4.72. The Morgan fingerprint density at radius 1 is 1.39 bits per heavy atom. The summed E-state index contributed by atoms with van der Waals surface area (Å²) in [6, 6.07) is 0. The molecule has 0 aromatic rings. The Bertz CT molecular complexity index is 372. The van der Waals surface area contributed by atoms with E-state index in [4.69, 9.17) is 4.74 Å². The molecule has 18 heavy (non-hydrogen) atoms. The summed E-state index contributed by atoms with van der Waals surface area (Å²) in [4.78, 5) is 0. The largest absolute Gasteiger partial charge is 0.378 e. The van der Waals surface area contributed by atoms with E-state index in [-0.39, 0.29) is 22.8 Å². The quantitative estimate of drug-likeness (QED) is 0.829. The molecular formula is C13H27NO3S. The van der Waals surface area contributed by atoms with Gasteiger partial charge in [-0.2, -0.15) is 0 Å². The van der Waals surface area contributed by atoms with Crippen molar-refractivity contribution in [3.05, 3.63) is 0 Å². The second kappa shape index (κ2) is 5.47. The van der Waals surface area contributed by atoms with Crippen LogP contribution >= 0.6 is 0 Å². The zero-order valence-electron chi connectivity index (χ0n) is 12.2. The highest BCUT2D eigenvalue weighted by Crippen LogP contribution is 2.38. The van der Waals surface area contributed by atoms with Crippen molar-refractivity contribution in [1.82, 2.24) is 5.32 Å². The number of sulfone groups is 1. The summed E-state index contributed by atoms with van der Waals surface area (Å²) in [5.41, 5.74) is -0.00321. The van der Waals surface area contributed by atoms with Crippen molar-refractivity contribution in [1.29, 1.82) is 0 Å². The molecule has 1 aliphatic rings. The number of hydrogen-bond acceptors (Lipinski definition) is 4. The molecule has 2 atom stereocenters. The van der Waals surface area contributed by atoms with Gasteiger partial charge < -0.3 is 10.1 Å². The van der Waals surface area contributed by atoms with Gasteiger partial charge in [-0.25, -0.2) is 8.42 Å². The van der Waals surface area contributed by atoms with Crippen molar-refractivity contribution in [2.24, 2.45) is 5.41 Å². The summed E-state index contributed by atoms with van der Waals surface area (Å²) < 4.78 is 28.4. The third kappa shape index (κ3) is 4.86. The van der Waals surface area contributed by atoms with Crippen molar-refractivity contribution in [2.75, 3.05) is 25.2 Å². The lowest BCUT2D eigenvalue weighted by atomic mass is 9.78. The molecule has 0 spiro atoms.